The molecule has 1 unspecified atom stereocenters. The van der Waals surface area contributed by atoms with Crippen LogP contribution in [0.5, 0.6) is 0 Å². The maximum atomic E-state index is 12.9. The van der Waals surface area contributed by atoms with E-state index in [9.17, 15) is 25.8 Å². The van der Waals surface area contributed by atoms with E-state index in [4.69, 9.17) is 0 Å². The molecule has 126 valence electrons. The standard InChI is InChI=1S/C11H17FN2O5S3/c1-9(15)7-13-2-4-14(5-3-13)22(18,19)11-6-10(8-20-11)21(12,16)17/h6,8-9,15H,2-5,7H2,1H3. The second-order valence-corrected chi connectivity index (χ2v) is 9.52. The van der Waals surface area contributed by atoms with Gasteiger partial charge in [-0.15, -0.1) is 15.2 Å². The first-order valence-corrected chi connectivity index (χ1v) is 10.2. The molecule has 22 heavy (non-hydrogen) atoms. The number of rotatable bonds is 5. The Kier molecular flexibility index (Phi) is 5.24. The third-order valence-corrected chi connectivity index (χ3v) is 7.54. The van der Waals surface area contributed by atoms with Crippen molar-refractivity contribution >= 4 is 31.6 Å². The van der Waals surface area contributed by atoms with Crippen LogP contribution in [0.2, 0.25) is 0 Å². The van der Waals surface area contributed by atoms with E-state index in [0.717, 1.165) is 11.4 Å². The molecular weight excluding hydrogens is 355 g/mol. The van der Waals surface area contributed by atoms with Crippen LogP contribution in [-0.4, -0.2) is 70.0 Å². The zero-order valence-corrected chi connectivity index (χ0v) is 14.3. The van der Waals surface area contributed by atoms with Crippen LogP contribution in [-0.2, 0) is 20.2 Å². The van der Waals surface area contributed by atoms with Crippen molar-refractivity contribution < 1.29 is 25.8 Å². The predicted octanol–water partition coefficient (Wildman–Crippen LogP) is 0.0934. The Hall–Kier alpha value is -0.590. The lowest BCUT2D eigenvalue weighted by Gasteiger charge is -2.34. The van der Waals surface area contributed by atoms with Gasteiger partial charge in [-0.1, -0.05) is 0 Å². The van der Waals surface area contributed by atoms with Crippen molar-refractivity contribution in [3.63, 3.8) is 0 Å². The van der Waals surface area contributed by atoms with Gasteiger partial charge >= 0.3 is 10.2 Å². The van der Waals surface area contributed by atoms with E-state index < -0.39 is 31.2 Å². The largest absolute Gasteiger partial charge is 0.392 e. The van der Waals surface area contributed by atoms with Crippen LogP contribution in [0, 0.1) is 0 Å². The van der Waals surface area contributed by atoms with E-state index in [1.807, 2.05) is 4.90 Å². The van der Waals surface area contributed by atoms with Gasteiger partial charge in [-0.2, -0.15) is 12.7 Å². The lowest BCUT2D eigenvalue weighted by Crippen LogP contribution is -2.49. The average molecular weight is 372 g/mol. The Morgan fingerprint density at radius 3 is 2.32 bits per heavy atom. The fraction of sp³-hybridized carbons (Fsp3) is 0.636. The molecule has 0 aliphatic carbocycles. The van der Waals surface area contributed by atoms with Crippen molar-refractivity contribution in [2.45, 2.75) is 22.1 Å². The summed E-state index contributed by atoms with van der Waals surface area (Å²) in [6.07, 6.45) is -0.488. The minimum absolute atomic E-state index is 0.187. The number of aliphatic hydroxyl groups excluding tert-OH is 1. The van der Waals surface area contributed by atoms with Gasteiger partial charge in [0.05, 0.1) is 6.10 Å². The molecule has 1 saturated heterocycles. The maximum absolute atomic E-state index is 12.9. The van der Waals surface area contributed by atoms with Crippen LogP contribution >= 0.6 is 11.3 Å². The zero-order chi connectivity index (χ0) is 16.5. The summed E-state index contributed by atoms with van der Waals surface area (Å²) >= 11 is 0.686. The number of sulfonamides is 1. The van der Waals surface area contributed by atoms with E-state index in [1.165, 1.54) is 4.31 Å². The van der Waals surface area contributed by atoms with Crippen molar-refractivity contribution in [2.75, 3.05) is 32.7 Å². The highest BCUT2D eigenvalue weighted by Gasteiger charge is 2.31. The Bertz CT molecular complexity index is 721. The van der Waals surface area contributed by atoms with Crippen LogP contribution in [0.1, 0.15) is 6.92 Å². The molecule has 0 aromatic carbocycles. The van der Waals surface area contributed by atoms with Crippen LogP contribution < -0.4 is 0 Å². The van der Waals surface area contributed by atoms with E-state index >= 15 is 0 Å². The Labute approximate surface area is 133 Å². The number of hydrogen-bond acceptors (Lipinski definition) is 7. The molecule has 1 atom stereocenters. The van der Waals surface area contributed by atoms with Crippen molar-refractivity contribution in [1.29, 1.82) is 0 Å². The van der Waals surface area contributed by atoms with Gasteiger partial charge < -0.3 is 5.11 Å². The molecule has 0 bridgehead atoms. The highest BCUT2D eigenvalue weighted by molar-refractivity contribution is 7.91. The van der Waals surface area contributed by atoms with E-state index in [-0.39, 0.29) is 17.3 Å². The van der Waals surface area contributed by atoms with Crippen LogP contribution in [0.3, 0.4) is 0 Å². The van der Waals surface area contributed by atoms with E-state index in [0.29, 0.717) is 31.0 Å². The van der Waals surface area contributed by atoms with Crippen LogP contribution in [0.15, 0.2) is 20.6 Å². The first-order chi connectivity index (χ1) is 10.1. The second-order valence-electron chi connectivity index (χ2n) is 5.09. The first kappa shape index (κ1) is 17.8. The number of thiophene rings is 1. The Morgan fingerprint density at radius 2 is 1.86 bits per heavy atom. The van der Waals surface area contributed by atoms with Gasteiger partial charge in [0.2, 0.25) is 0 Å². The Morgan fingerprint density at radius 1 is 1.27 bits per heavy atom. The van der Waals surface area contributed by atoms with Gasteiger partial charge in [0.1, 0.15) is 9.10 Å². The molecule has 2 heterocycles. The van der Waals surface area contributed by atoms with Crippen molar-refractivity contribution in [1.82, 2.24) is 9.21 Å². The number of β-amino-alcohol motifs (C(OH)–C–C–N with tert-alkyl or cyclic N) is 1. The number of piperazine rings is 1. The summed E-state index contributed by atoms with van der Waals surface area (Å²) < 4.78 is 60.3. The normalized spacial score (nSPS) is 20.1. The molecular formula is C11H17FN2O5S3. The fourth-order valence-electron chi connectivity index (χ4n) is 2.22. The summed E-state index contributed by atoms with van der Waals surface area (Å²) in [6.45, 7) is 3.56. The highest BCUT2D eigenvalue weighted by Crippen LogP contribution is 2.28. The summed E-state index contributed by atoms with van der Waals surface area (Å²) in [5, 5.41) is 10.3. The van der Waals surface area contributed by atoms with Crippen molar-refractivity contribution in [2.24, 2.45) is 0 Å². The molecule has 7 nitrogen and oxygen atoms in total. The smallest absolute Gasteiger partial charge is 0.332 e. The monoisotopic (exact) mass is 372 g/mol. The SMILES string of the molecule is CC(O)CN1CCN(S(=O)(=O)c2cc(S(=O)(=O)F)cs2)CC1. The van der Waals surface area contributed by atoms with Gasteiger partial charge in [-0.3, -0.25) is 4.90 Å². The first-order valence-electron chi connectivity index (χ1n) is 6.54. The molecule has 0 saturated carbocycles. The van der Waals surface area contributed by atoms with E-state index in [2.05, 4.69) is 0 Å². The molecule has 0 amide bonds. The highest BCUT2D eigenvalue weighted by atomic mass is 32.3. The average Bonchev–Trinajstić information content (AvgIpc) is 2.88. The summed E-state index contributed by atoms with van der Waals surface area (Å²) in [7, 11) is -8.73. The minimum atomic E-state index is -4.90. The summed E-state index contributed by atoms with van der Waals surface area (Å²) in [4.78, 5) is 1.31. The number of nitrogens with zero attached hydrogens (tertiary/aromatic N) is 2. The lowest BCUT2D eigenvalue weighted by molar-refractivity contribution is 0.103. The Balaban J connectivity index is 2.10. The summed E-state index contributed by atoms with van der Waals surface area (Å²) in [6, 6.07) is 0.845. The summed E-state index contributed by atoms with van der Waals surface area (Å²) in [5.74, 6) is 0. The third kappa shape index (κ3) is 4.03. The quantitative estimate of drug-likeness (QED) is 0.737. The topological polar surface area (TPSA) is 95.0 Å². The zero-order valence-electron chi connectivity index (χ0n) is 11.8. The molecule has 1 N–H and O–H groups in total. The molecule has 1 aromatic heterocycles. The maximum Gasteiger partial charge on any atom is 0.332 e. The fourth-order valence-corrected chi connectivity index (χ4v) is 5.85. The van der Waals surface area contributed by atoms with Crippen molar-refractivity contribution in [3.8, 4) is 0 Å². The number of halogens is 1. The van der Waals surface area contributed by atoms with Gasteiger partial charge in [-0.25, -0.2) is 8.42 Å². The molecule has 1 aromatic rings. The molecule has 2 rings (SSSR count). The second kappa shape index (κ2) is 6.49. The van der Waals surface area contributed by atoms with E-state index in [1.54, 1.807) is 6.92 Å². The number of aliphatic hydroxyl groups is 1. The lowest BCUT2D eigenvalue weighted by atomic mass is 10.3. The molecule has 0 radical (unpaired) electrons. The van der Waals surface area contributed by atoms with Gasteiger partial charge in [0.25, 0.3) is 10.0 Å². The molecule has 11 heteroatoms. The third-order valence-electron chi connectivity index (χ3n) is 3.28. The molecule has 1 fully saturated rings. The van der Waals surface area contributed by atoms with Crippen molar-refractivity contribution in [3.05, 3.63) is 11.4 Å². The summed E-state index contributed by atoms with van der Waals surface area (Å²) in [5.41, 5.74) is 0. The molecule has 1 aliphatic heterocycles. The predicted molar refractivity (Wildman–Crippen MR) is 79.5 cm³/mol. The molecule has 0 spiro atoms. The van der Waals surface area contributed by atoms with Gasteiger partial charge in [-0.05, 0) is 13.0 Å². The van der Waals surface area contributed by atoms with Gasteiger partial charge in [0, 0.05) is 38.1 Å². The van der Waals surface area contributed by atoms with Crippen LogP contribution in [0.4, 0.5) is 3.89 Å². The van der Waals surface area contributed by atoms with Crippen LogP contribution in [0.25, 0.3) is 0 Å². The minimum Gasteiger partial charge on any atom is -0.392 e. The molecule has 1 aliphatic rings. The van der Waals surface area contributed by atoms with Gasteiger partial charge in [0.15, 0.2) is 0 Å². The number of hydrogen-bond donors (Lipinski definition) is 1.